The van der Waals surface area contributed by atoms with Gasteiger partial charge in [-0.2, -0.15) is 5.26 Å². The molecule has 1 atom stereocenters. The van der Waals surface area contributed by atoms with Crippen LogP contribution in [0.2, 0.25) is 0 Å². The maximum Gasteiger partial charge on any atom is 0.104 e. The molecule has 0 aromatic heterocycles. The number of hydrogen-bond donors (Lipinski definition) is 0. The van der Waals surface area contributed by atoms with E-state index in [1.165, 1.54) is 0 Å². The molecule has 1 saturated carbocycles. The Hall–Kier alpha value is -0.190. The van der Waals surface area contributed by atoms with Crippen LogP contribution >= 0.6 is 23.2 Å². The lowest BCUT2D eigenvalue weighted by molar-refractivity contribution is 0.550. The highest BCUT2D eigenvalue weighted by molar-refractivity contribution is 6.55. The molecule has 0 aromatic carbocycles. The van der Waals surface area contributed by atoms with Crippen molar-refractivity contribution in [1.82, 2.24) is 0 Å². The van der Waals surface area contributed by atoms with Crippen LogP contribution in [0.4, 0.5) is 0 Å². The quantitative estimate of drug-likeness (QED) is 0.622. The molecule has 1 unspecified atom stereocenters. The molecule has 1 aliphatic carbocycles. The Morgan fingerprint density at radius 2 is 2.00 bits per heavy atom. The Morgan fingerprint density at radius 3 is 2.09 bits per heavy atom. The molecule has 0 aliphatic heterocycles. The normalized spacial score (nSPS) is 32.3. The lowest BCUT2D eigenvalue weighted by Crippen LogP contribution is -2.01. The smallest absolute Gasteiger partial charge is 0.104 e. The third kappa shape index (κ3) is 1.38. The molecule has 60 valence electrons. The Morgan fingerprint density at radius 1 is 1.55 bits per heavy atom. The molecule has 0 N–H and O–H groups in total. The fraction of sp³-hybridized carbons (Fsp3) is 0.625. The Labute approximate surface area is 76.6 Å². The zero-order valence-corrected chi connectivity index (χ0v) is 8.00. The number of nitriles is 1. The molecule has 1 fully saturated rings. The number of rotatable bonds is 1. The van der Waals surface area contributed by atoms with Crippen LogP contribution in [-0.2, 0) is 0 Å². The number of allylic oxidation sites excluding steroid dienone is 1. The van der Waals surface area contributed by atoms with Crippen molar-refractivity contribution >= 4 is 23.2 Å². The highest BCUT2D eigenvalue weighted by atomic mass is 35.5. The first-order valence-electron chi connectivity index (χ1n) is 3.39. The zero-order valence-electron chi connectivity index (χ0n) is 6.49. The van der Waals surface area contributed by atoms with Crippen molar-refractivity contribution in [3.05, 3.63) is 10.6 Å². The molecule has 1 aliphatic rings. The average molecular weight is 190 g/mol. The maximum atomic E-state index is 8.83. The third-order valence-electron chi connectivity index (χ3n) is 2.36. The van der Waals surface area contributed by atoms with E-state index in [-0.39, 0.29) is 9.91 Å². The standard InChI is InChI=1S/C8H9Cl2N/c1-7(2)4-8(7,5-11)3-6(9)10/h3H,4H2,1-2H3. The molecule has 0 bridgehead atoms. The fourth-order valence-electron chi connectivity index (χ4n) is 1.31. The van der Waals surface area contributed by atoms with Crippen molar-refractivity contribution in [2.45, 2.75) is 20.3 Å². The summed E-state index contributed by atoms with van der Waals surface area (Å²) in [6.45, 7) is 4.06. The fourth-order valence-corrected chi connectivity index (χ4v) is 1.68. The Balaban J connectivity index is 2.87. The minimum Gasteiger partial charge on any atom is -0.197 e. The van der Waals surface area contributed by atoms with Crippen molar-refractivity contribution < 1.29 is 0 Å². The molecular formula is C8H9Cl2N. The van der Waals surface area contributed by atoms with Gasteiger partial charge < -0.3 is 0 Å². The predicted molar refractivity (Wildman–Crippen MR) is 46.2 cm³/mol. The first-order valence-corrected chi connectivity index (χ1v) is 4.14. The van der Waals surface area contributed by atoms with E-state index in [1.807, 2.05) is 13.8 Å². The van der Waals surface area contributed by atoms with Gasteiger partial charge in [0, 0.05) is 0 Å². The summed E-state index contributed by atoms with van der Waals surface area (Å²) >= 11 is 11.0. The van der Waals surface area contributed by atoms with Gasteiger partial charge in [0.1, 0.15) is 4.49 Å². The van der Waals surface area contributed by atoms with Gasteiger partial charge in [0.15, 0.2) is 0 Å². The maximum absolute atomic E-state index is 8.83. The summed E-state index contributed by atoms with van der Waals surface area (Å²) < 4.78 is 0.192. The highest BCUT2D eigenvalue weighted by Gasteiger charge is 2.60. The van der Waals surface area contributed by atoms with Gasteiger partial charge in [0.25, 0.3) is 0 Å². The number of hydrogen-bond acceptors (Lipinski definition) is 1. The number of nitrogens with zero attached hydrogens (tertiary/aromatic N) is 1. The lowest BCUT2D eigenvalue weighted by Gasteiger charge is -2.04. The topological polar surface area (TPSA) is 23.8 Å². The van der Waals surface area contributed by atoms with Crippen LogP contribution in [0, 0.1) is 22.2 Å². The van der Waals surface area contributed by atoms with Crippen LogP contribution in [-0.4, -0.2) is 0 Å². The Kier molecular flexibility index (Phi) is 1.94. The van der Waals surface area contributed by atoms with Crippen molar-refractivity contribution in [1.29, 1.82) is 5.26 Å². The van der Waals surface area contributed by atoms with Crippen molar-refractivity contribution in [2.24, 2.45) is 10.8 Å². The minimum atomic E-state index is -0.411. The van der Waals surface area contributed by atoms with Gasteiger partial charge in [0.2, 0.25) is 0 Å². The van der Waals surface area contributed by atoms with Gasteiger partial charge in [-0.3, -0.25) is 0 Å². The molecule has 0 amide bonds. The van der Waals surface area contributed by atoms with Crippen molar-refractivity contribution in [3.63, 3.8) is 0 Å². The van der Waals surface area contributed by atoms with Gasteiger partial charge in [-0.1, -0.05) is 37.0 Å². The molecule has 0 spiro atoms. The van der Waals surface area contributed by atoms with Crippen LogP contribution < -0.4 is 0 Å². The van der Waals surface area contributed by atoms with Gasteiger partial charge in [-0.15, -0.1) is 0 Å². The molecule has 1 rings (SSSR count). The summed E-state index contributed by atoms with van der Waals surface area (Å²) in [6.07, 6.45) is 2.48. The van der Waals surface area contributed by atoms with E-state index in [9.17, 15) is 0 Å². The molecule has 0 saturated heterocycles. The van der Waals surface area contributed by atoms with Crippen molar-refractivity contribution in [3.8, 4) is 6.07 Å². The molecule has 1 nitrogen and oxygen atoms in total. The Bertz CT molecular complexity index is 245. The SMILES string of the molecule is CC1(C)CC1(C#N)C=C(Cl)Cl. The van der Waals surface area contributed by atoms with Gasteiger partial charge in [-0.05, 0) is 17.9 Å². The second kappa shape index (κ2) is 2.40. The monoisotopic (exact) mass is 189 g/mol. The van der Waals surface area contributed by atoms with E-state index in [2.05, 4.69) is 6.07 Å². The van der Waals surface area contributed by atoms with Gasteiger partial charge >= 0.3 is 0 Å². The van der Waals surface area contributed by atoms with Gasteiger partial charge in [0.05, 0.1) is 11.5 Å². The van der Waals surface area contributed by atoms with Gasteiger partial charge in [-0.25, -0.2) is 0 Å². The highest BCUT2D eigenvalue weighted by Crippen LogP contribution is 2.64. The van der Waals surface area contributed by atoms with E-state index in [0.717, 1.165) is 6.42 Å². The lowest BCUT2D eigenvalue weighted by atomic mass is 9.98. The van der Waals surface area contributed by atoms with Crippen LogP contribution in [0.25, 0.3) is 0 Å². The first kappa shape index (κ1) is 8.90. The zero-order chi connectivity index (χ0) is 8.70. The summed E-state index contributed by atoms with van der Waals surface area (Å²) in [7, 11) is 0. The molecule has 0 heterocycles. The van der Waals surface area contributed by atoms with E-state index >= 15 is 0 Å². The van der Waals surface area contributed by atoms with Crippen molar-refractivity contribution in [2.75, 3.05) is 0 Å². The summed E-state index contributed by atoms with van der Waals surface area (Å²) in [6, 6.07) is 2.23. The first-order chi connectivity index (χ1) is 4.93. The largest absolute Gasteiger partial charge is 0.197 e. The van der Waals surface area contributed by atoms with Crippen LogP contribution in [0.15, 0.2) is 10.6 Å². The average Bonchev–Trinajstić information content (AvgIpc) is 2.33. The molecule has 0 radical (unpaired) electrons. The summed E-state index contributed by atoms with van der Waals surface area (Å²) in [5.41, 5.74) is -0.372. The molecule has 11 heavy (non-hydrogen) atoms. The summed E-state index contributed by atoms with van der Waals surface area (Å²) in [5.74, 6) is 0. The van der Waals surface area contributed by atoms with E-state index in [1.54, 1.807) is 6.08 Å². The van der Waals surface area contributed by atoms with Crippen LogP contribution in [0.1, 0.15) is 20.3 Å². The molecule has 0 aromatic rings. The summed E-state index contributed by atoms with van der Waals surface area (Å²) in [4.78, 5) is 0. The van der Waals surface area contributed by atoms with E-state index in [4.69, 9.17) is 28.5 Å². The molecule has 3 heteroatoms. The van der Waals surface area contributed by atoms with Crippen LogP contribution in [0.5, 0.6) is 0 Å². The minimum absolute atomic E-state index is 0.0385. The molecular weight excluding hydrogens is 181 g/mol. The third-order valence-corrected chi connectivity index (χ3v) is 2.58. The second-order valence-corrected chi connectivity index (χ2v) is 4.59. The second-order valence-electron chi connectivity index (χ2n) is 3.58. The van der Waals surface area contributed by atoms with Crippen LogP contribution in [0.3, 0.4) is 0 Å². The van der Waals surface area contributed by atoms with E-state index in [0.29, 0.717) is 0 Å². The number of halogens is 2. The van der Waals surface area contributed by atoms with E-state index < -0.39 is 5.41 Å². The summed E-state index contributed by atoms with van der Waals surface area (Å²) in [5, 5.41) is 8.83. The predicted octanol–water partition coefficient (Wildman–Crippen LogP) is 3.25.